The molecule has 1 unspecified atom stereocenters. The minimum absolute atomic E-state index is 0.248. The van der Waals surface area contributed by atoms with Crippen molar-refractivity contribution in [3.8, 4) is 5.75 Å². The average molecular weight is 282 g/mol. The quantitative estimate of drug-likeness (QED) is 0.751. The molecule has 0 bridgehead atoms. The lowest BCUT2D eigenvalue weighted by Crippen LogP contribution is -2.26. The molecule has 6 nitrogen and oxygen atoms in total. The van der Waals surface area contributed by atoms with Crippen molar-refractivity contribution in [2.45, 2.75) is 32.5 Å². The number of carboxylic acids is 2. The van der Waals surface area contributed by atoms with Gasteiger partial charge in [-0.1, -0.05) is 12.1 Å². The molecule has 0 saturated carbocycles. The van der Waals surface area contributed by atoms with Gasteiger partial charge in [0.15, 0.2) is 12.2 Å². The summed E-state index contributed by atoms with van der Waals surface area (Å²) >= 11 is 0. The minimum atomic E-state index is -1.05. The maximum Gasteiger partial charge on any atom is 0.344 e. The summed E-state index contributed by atoms with van der Waals surface area (Å²) in [4.78, 5) is 21.6. The maximum atomic E-state index is 11.0. The Hall–Kier alpha value is -2.08. The number of aliphatic carboxylic acids is 2. The lowest BCUT2D eigenvalue weighted by Gasteiger charge is -2.13. The summed E-state index contributed by atoms with van der Waals surface area (Å²) in [5.74, 6) is -1.63. The van der Waals surface area contributed by atoms with Gasteiger partial charge in [0.05, 0.1) is 0 Å². The van der Waals surface area contributed by atoms with Crippen LogP contribution in [0.1, 0.15) is 19.4 Å². The molecule has 2 N–H and O–H groups in total. The Balaban J connectivity index is 2.66. The molecule has 2 atom stereocenters. The molecule has 0 heterocycles. The van der Waals surface area contributed by atoms with Gasteiger partial charge < -0.3 is 19.7 Å². The van der Waals surface area contributed by atoms with Crippen LogP contribution >= 0.6 is 0 Å². The van der Waals surface area contributed by atoms with Crippen LogP contribution in [-0.2, 0) is 20.7 Å². The molecule has 0 radical (unpaired) electrons. The highest BCUT2D eigenvalue weighted by Gasteiger charge is 2.18. The van der Waals surface area contributed by atoms with Gasteiger partial charge in [-0.25, -0.2) is 9.59 Å². The minimum Gasteiger partial charge on any atom is -0.479 e. The molecule has 6 heteroatoms. The standard InChI is InChI=1S/C14H18O6/c1-3-19-12(14(17)18)8-10-4-6-11(7-5-10)20-9(2)13(15)16/h4-7,9,12H,3,8H2,1-2H3,(H,15,16)(H,17,18)/t9?,12-/m0/s1. The summed E-state index contributed by atoms with van der Waals surface area (Å²) in [5.41, 5.74) is 0.779. The van der Waals surface area contributed by atoms with E-state index in [2.05, 4.69) is 0 Å². The molecular weight excluding hydrogens is 264 g/mol. The normalized spacial score (nSPS) is 13.5. The third-order valence-corrected chi connectivity index (χ3v) is 2.65. The van der Waals surface area contributed by atoms with Crippen molar-refractivity contribution in [2.24, 2.45) is 0 Å². The van der Waals surface area contributed by atoms with E-state index in [1.165, 1.54) is 6.92 Å². The van der Waals surface area contributed by atoms with Crippen LogP contribution in [0.25, 0.3) is 0 Å². The molecule has 0 fully saturated rings. The Morgan fingerprint density at radius 2 is 1.75 bits per heavy atom. The summed E-state index contributed by atoms with van der Waals surface area (Å²) < 4.78 is 10.3. The van der Waals surface area contributed by atoms with E-state index in [1.54, 1.807) is 31.2 Å². The van der Waals surface area contributed by atoms with Gasteiger partial charge >= 0.3 is 11.9 Å². The molecule has 20 heavy (non-hydrogen) atoms. The molecule has 1 aromatic carbocycles. The SMILES string of the molecule is CCO[C@@H](Cc1ccc(OC(C)C(=O)O)cc1)C(=O)O. The number of rotatable bonds is 8. The first-order valence-electron chi connectivity index (χ1n) is 6.26. The molecule has 0 amide bonds. The Morgan fingerprint density at radius 3 is 2.20 bits per heavy atom. The van der Waals surface area contributed by atoms with Gasteiger partial charge in [0.2, 0.25) is 0 Å². The lowest BCUT2D eigenvalue weighted by molar-refractivity contribution is -0.150. The van der Waals surface area contributed by atoms with Gasteiger partial charge in [0, 0.05) is 13.0 Å². The third-order valence-electron chi connectivity index (χ3n) is 2.65. The fourth-order valence-electron chi connectivity index (χ4n) is 1.59. The van der Waals surface area contributed by atoms with Gasteiger partial charge in [-0.15, -0.1) is 0 Å². The van der Waals surface area contributed by atoms with E-state index in [0.29, 0.717) is 12.4 Å². The van der Waals surface area contributed by atoms with E-state index in [1.807, 2.05) is 0 Å². The van der Waals surface area contributed by atoms with Gasteiger partial charge in [-0.2, -0.15) is 0 Å². The summed E-state index contributed by atoms with van der Waals surface area (Å²) in [6, 6.07) is 6.61. The van der Waals surface area contributed by atoms with Crippen LogP contribution in [-0.4, -0.2) is 41.0 Å². The van der Waals surface area contributed by atoms with Crippen molar-refractivity contribution in [3.63, 3.8) is 0 Å². The third kappa shape index (κ3) is 4.89. The van der Waals surface area contributed by atoms with Crippen molar-refractivity contribution in [1.82, 2.24) is 0 Å². The Kier molecular flexibility index (Phi) is 5.99. The van der Waals surface area contributed by atoms with Crippen molar-refractivity contribution >= 4 is 11.9 Å². The first-order valence-corrected chi connectivity index (χ1v) is 6.26. The number of hydrogen-bond acceptors (Lipinski definition) is 4. The smallest absolute Gasteiger partial charge is 0.344 e. The zero-order valence-electron chi connectivity index (χ0n) is 11.4. The van der Waals surface area contributed by atoms with Gasteiger partial charge in [0.25, 0.3) is 0 Å². The van der Waals surface area contributed by atoms with Crippen molar-refractivity contribution in [1.29, 1.82) is 0 Å². The Morgan fingerprint density at radius 1 is 1.15 bits per heavy atom. The average Bonchev–Trinajstić information content (AvgIpc) is 2.40. The summed E-state index contributed by atoms with van der Waals surface area (Å²) in [6.45, 7) is 3.50. The molecular formula is C14H18O6. The summed E-state index contributed by atoms with van der Waals surface area (Å²) in [6.07, 6.45) is -1.57. The zero-order valence-corrected chi connectivity index (χ0v) is 11.4. The van der Waals surface area contributed by atoms with Crippen LogP contribution in [0, 0.1) is 0 Å². The van der Waals surface area contributed by atoms with Crippen LogP contribution < -0.4 is 4.74 Å². The second-order valence-corrected chi connectivity index (χ2v) is 4.23. The van der Waals surface area contributed by atoms with E-state index >= 15 is 0 Å². The molecule has 0 aromatic heterocycles. The van der Waals surface area contributed by atoms with Crippen LogP contribution in [0.4, 0.5) is 0 Å². The van der Waals surface area contributed by atoms with Gasteiger partial charge in [0.1, 0.15) is 5.75 Å². The molecule has 0 aliphatic carbocycles. The first-order chi connectivity index (χ1) is 9.43. The second-order valence-electron chi connectivity index (χ2n) is 4.23. The highest BCUT2D eigenvalue weighted by molar-refractivity contribution is 5.73. The Labute approximate surface area is 116 Å². The molecule has 0 aliphatic heterocycles. The van der Waals surface area contributed by atoms with Crippen LogP contribution in [0.3, 0.4) is 0 Å². The van der Waals surface area contributed by atoms with E-state index in [0.717, 1.165) is 5.56 Å². The first kappa shape index (κ1) is 16.0. The highest BCUT2D eigenvalue weighted by atomic mass is 16.5. The molecule has 0 spiro atoms. The number of hydrogen-bond donors (Lipinski definition) is 2. The van der Waals surface area contributed by atoms with E-state index < -0.39 is 24.1 Å². The topological polar surface area (TPSA) is 93.1 Å². The van der Waals surface area contributed by atoms with Gasteiger partial charge in [-0.3, -0.25) is 0 Å². The van der Waals surface area contributed by atoms with Crippen LogP contribution in [0.2, 0.25) is 0 Å². The predicted octanol–water partition coefficient (Wildman–Crippen LogP) is 1.57. The molecule has 0 aliphatic rings. The van der Waals surface area contributed by atoms with Crippen LogP contribution in [0.5, 0.6) is 5.75 Å². The maximum absolute atomic E-state index is 11.0. The fraction of sp³-hybridized carbons (Fsp3) is 0.429. The molecule has 1 aromatic rings. The van der Waals surface area contributed by atoms with E-state index in [9.17, 15) is 9.59 Å². The highest BCUT2D eigenvalue weighted by Crippen LogP contribution is 2.16. The number of carbonyl (C=O) groups is 2. The second kappa shape index (κ2) is 7.49. The Bertz CT molecular complexity index is 453. The van der Waals surface area contributed by atoms with Crippen LogP contribution in [0.15, 0.2) is 24.3 Å². The predicted molar refractivity (Wildman–Crippen MR) is 70.9 cm³/mol. The lowest BCUT2D eigenvalue weighted by atomic mass is 10.1. The van der Waals surface area contributed by atoms with Crippen molar-refractivity contribution < 1.29 is 29.3 Å². The molecule has 1 rings (SSSR count). The number of benzene rings is 1. The molecule has 110 valence electrons. The van der Waals surface area contributed by atoms with Gasteiger partial charge in [-0.05, 0) is 31.5 Å². The summed E-state index contributed by atoms with van der Waals surface area (Å²) in [7, 11) is 0. The van der Waals surface area contributed by atoms with Crippen molar-refractivity contribution in [2.75, 3.05) is 6.61 Å². The largest absolute Gasteiger partial charge is 0.479 e. The van der Waals surface area contributed by atoms with Crippen molar-refractivity contribution in [3.05, 3.63) is 29.8 Å². The fourth-order valence-corrected chi connectivity index (χ4v) is 1.59. The van der Waals surface area contributed by atoms with E-state index in [4.69, 9.17) is 19.7 Å². The monoisotopic (exact) mass is 282 g/mol. The number of ether oxygens (including phenoxy) is 2. The molecule has 0 saturated heterocycles. The number of carboxylic acid groups (broad SMARTS) is 2. The van der Waals surface area contributed by atoms with E-state index in [-0.39, 0.29) is 6.42 Å². The zero-order chi connectivity index (χ0) is 15.1. The summed E-state index contributed by atoms with van der Waals surface area (Å²) in [5, 5.41) is 17.7.